The quantitative estimate of drug-likeness (QED) is 0.897. The molecule has 0 saturated carbocycles. The minimum absolute atomic E-state index is 0.567. The Labute approximate surface area is 111 Å². The Bertz CT molecular complexity index is 525. The first kappa shape index (κ1) is 12.8. The molecule has 0 amide bonds. The highest BCUT2D eigenvalue weighted by Crippen LogP contribution is 2.33. The third kappa shape index (κ3) is 2.96. The Morgan fingerprint density at radius 3 is 2.94 bits per heavy atom. The minimum Gasteiger partial charge on any atom is -0.490 e. The van der Waals surface area contributed by atoms with Crippen molar-refractivity contribution in [3.63, 3.8) is 0 Å². The number of nitrogens with zero attached hydrogens (tertiary/aromatic N) is 1. The van der Waals surface area contributed by atoms with Crippen LogP contribution in [0.2, 0.25) is 5.02 Å². The topological polar surface area (TPSA) is 47.3 Å². The van der Waals surface area contributed by atoms with Gasteiger partial charge in [0, 0.05) is 6.07 Å². The second kappa shape index (κ2) is 5.78. The summed E-state index contributed by atoms with van der Waals surface area (Å²) < 4.78 is 10.5. The summed E-state index contributed by atoms with van der Waals surface area (Å²) in [6.07, 6.45) is 0. The summed E-state index contributed by atoms with van der Waals surface area (Å²) in [4.78, 5) is 0. The molecule has 1 heterocycles. The van der Waals surface area contributed by atoms with Gasteiger partial charge in [0.05, 0.1) is 23.9 Å². The molecule has 0 atom stereocenters. The van der Waals surface area contributed by atoms with E-state index in [9.17, 15) is 0 Å². The first-order chi connectivity index (χ1) is 8.70. The number of nitrogens with one attached hydrogen (secondary N) is 1. The largest absolute Gasteiger partial charge is 0.490 e. The zero-order valence-corrected chi connectivity index (χ0v) is 11.1. The van der Waals surface area contributed by atoms with E-state index in [-0.39, 0.29) is 0 Å². The van der Waals surface area contributed by atoms with Crippen LogP contribution in [0.15, 0.2) is 28.8 Å². The minimum atomic E-state index is 0.567. The van der Waals surface area contributed by atoms with E-state index < -0.39 is 0 Å². The Kier molecular flexibility index (Phi) is 4.10. The lowest BCUT2D eigenvalue weighted by molar-refractivity contribution is 0.342. The van der Waals surface area contributed by atoms with E-state index in [1.54, 1.807) is 6.07 Å². The molecule has 0 aliphatic heterocycles. The third-order valence-corrected chi connectivity index (χ3v) is 2.69. The molecule has 0 unspecified atom stereocenters. The van der Waals surface area contributed by atoms with Gasteiger partial charge in [0.1, 0.15) is 11.5 Å². The number of halogens is 1. The number of aryl methyl sites for hydroxylation is 1. The molecular formula is C13H15ClN2O2. The number of aromatic nitrogens is 1. The molecule has 0 fully saturated rings. The number of anilines is 1. The predicted octanol–water partition coefficient (Wildman–Crippen LogP) is 3.65. The lowest BCUT2D eigenvalue weighted by atomic mass is 10.2. The first-order valence-electron chi connectivity index (χ1n) is 5.78. The highest BCUT2D eigenvalue weighted by molar-refractivity contribution is 6.32. The molecule has 1 aromatic carbocycles. The maximum Gasteiger partial charge on any atom is 0.160 e. The van der Waals surface area contributed by atoms with E-state index in [0.717, 1.165) is 17.1 Å². The predicted molar refractivity (Wildman–Crippen MR) is 71.2 cm³/mol. The van der Waals surface area contributed by atoms with Crippen LogP contribution >= 0.6 is 11.6 Å². The molecule has 0 bridgehead atoms. The van der Waals surface area contributed by atoms with Crippen molar-refractivity contribution < 1.29 is 9.26 Å². The average Bonchev–Trinajstić information content (AvgIpc) is 2.76. The Morgan fingerprint density at radius 2 is 2.28 bits per heavy atom. The standard InChI is InChI=1S/C13H15ClN2O2/c1-3-17-13-11(14)5-4-6-12(13)15-8-10-7-9(2)18-16-10/h4-7,15H,3,8H2,1-2H3. The van der Waals surface area contributed by atoms with Gasteiger partial charge in [-0.3, -0.25) is 0 Å². The van der Waals surface area contributed by atoms with Gasteiger partial charge in [0.25, 0.3) is 0 Å². The van der Waals surface area contributed by atoms with Gasteiger partial charge in [0.2, 0.25) is 0 Å². The summed E-state index contributed by atoms with van der Waals surface area (Å²) in [5.41, 5.74) is 1.69. The highest BCUT2D eigenvalue weighted by Gasteiger charge is 2.08. The van der Waals surface area contributed by atoms with Crippen molar-refractivity contribution >= 4 is 17.3 Å². The van der Waals surface area contributed by atoms with Crippen molar-refractivity contribution in [1.82, 2.24) is 5.16 Å². The van der Waals surface area contributed by atoms with Crippen LogP contribution in [0.1, 0.15) is 18.4 Å². The molecule has 0 saturated heterocycles. The maximum absolute atomic E-state index is 6.09. The van der Waals surface area contributed by atoms with Crippen LogP contribution in [-0.4, -0.2) is 11.8 Å². The molecule has 2 aromatic rings. The van der Waals surface area contributed by atoms with Crippen molar-refractivity contribution in [3.05, 3.63) is 40.7 Å². The SMILES string of the molecule is CCOc1c(Cl)cccc1NCc1cc(C)on1. The van der Waals surface area contributed by atoms with Crippen LogP contribution in [0.25, 0.3) is 0 Å². The van der Waals surface area contributed by atoms with Crippen LogP contribution in [0, 0.1) is 6.92 Å². The van der Waals surface area contributed by atoms with E-state index in [2.05, 4.69) is 10.5 Å². The average molecular weight is 267 g/mol. The summed E-state index contributed by atoms with van der Waals surface area (Å²) >= 11 is 6.09. The van der Waals surface area contributed by atoms with Crippen molar-refractivity contribution in [1.29, 1.82) is 0 Å². The Hall–Kier alpha value is -1.68. The summed E-state index contributed by atoms with van der Waals surface area (Å²) in [7, 11) is 0. The summed E-state index contributed by atoms with van der Waals surface area (Å²) in [6.45, 7) is 4.93. The molecule has 96 valence electrons. The molecule has 0 radical (unpaired) electrons. The van der Waals surface area contributed by atoms with Gasteiger partial charge >= 0.3 is 0 Å². The second-order valence-electron chi connectivity index (χ2n) is 3.83. The molecule has 1 aromatic heterocycles. The van der Waals surface area contributed by atoms with Gasteiger partial charge < -0.3 is 14.6 Å². The zero-order chi connectivity index (χ0) is 13.0. The van der Waals surface area contributed by atoms with Crippen LogP contribution in [-0.2, 0) is 6.54 Å². The van der Waals surface area contributed by atoms with Gasteiger partial charge in [-0.2, -0.15) is 0 Å². The van der Waals surface area contributed by atoms with Crippen LogP contribution in [0.4, 0.5) is 5.69 Å². The van der Waals surface area contributed by atoms with E-state index in [1.807, 2.05) is 32.0 Å². The zero-order valence-electron chi connectivity index (χ0n) is 10.4. The lowest BCUT2D eigenvalue weighted by Crippen LogP contribution is -2.03. The molecule has 0 aliphatic rings. The second-order valence-corrected chi connectivity index (χ2v) is 4.24. The number of hydrogen-bond acceptors (Lipinski definition) is 4. The molecule has 1 N–H and O–H groups in total. The van der Waals surface area contributed by atoms with Gasteiger partial charge in [-0.05, 0) is 26.0 Å². The van der Waals surface area contributed by atoms with Crippen molar-refractivity contribution in [2.45, 2.75) is 20.4 Å². The molecular weight excluding hydrogens is 252 g/mol. The number of hydrogen-bond donors (Lipinski definition) is 1. The summed E-state index contributed by atoms with van der Waals surface area (Å²) in [5, 5.41) is 7.75. The molecule has 4 nitrogen and oxygen atoms in total. The maximum atomic E-state index is 6.09. The summed E-state index contributed by atoms with van der Waals surface area (Å²) in [6, 6.07) is 7.49. The van der Waals surface area contributed by atoms with Crippen molar-refractivity contribution in [2.24, 2.45) is 0 Å². The molecule has 18 heavy (non-hydrogen) atoms. The van der Waals surface area contributed by atoms with E-state index in [4.69, 9.17) is 20.9 Å². The molecule has 0 spiro atoms. The fourth-order valence-corrected chi connectivity index (χ4v) is 1.86. The fraction of sp³-hybridized carbons (Fsp3) is 0.308. The normalized spacial score (nSPS) is 10.4. The van der Waals surface area contributed by atoms with Gasteiger partial charge in [-0.1, -0.05) is 22.8 Å². The Balaban J connectivity index is 2.11. The van der Waals surface area contributed by atoms with Gasteiger partial charge in [-0.25, -0.2) is 0 Å². The fourth-order valence-electron chi connectivity index (χ4n) is 1.63. The van der Waals surface area contributed by atoms with Gasteiger partial charge in [-0.15, -0.1) is 0 Å². The highest BCUT2D eigenvalue weighted by atomic mass is 35.5. The van der Waals surface area contributed by atoms with Crippen molar-refractivity contribution in [2.75, 3.05) is 11.9 Å². The molecule has 2 rings (SSSR count). The molecule has 0 aliphatic carbocycles. The van der Waals surface area contributed by atoms with Crippen molar-refractivity contribution in [3.8, 4) is 5.75 Å². The van der Waals surface area contributed by atoms with E-state index in [0.29, 0.717) is 23.9 Å². The van der Waals surface area contributed by atoms with Crippen LogP contribution < -0.4 is 10.1 Å². The Morgan fingerprint density at radius 1 is 1.44 bits per heavy atom. The number of ether oxygens (including phenoxy) is 1. The lowest BCUT2D eigenvalue weighted by Gasteiger charge is -2.12. The van der Waals surface area contributed by atoms with Crippen LogP contribution in [0.3, 0.4) is 0 Å². The smallest absolute Gasteiger partial charge is 0.160 e. The van der Waals surface area contributed by atoms with Crippen LogP contribution in [0.5, 0.6) is 5.75 Å². The molecule has 5 heteroatoms. The van der Waals surface area contributed by atoms with E-state index >= 15 is 0 Å². The number of para-hydroxylation sites is 1. The summed E-state index contributed by atoms with van der Waals surface area (Å²) in [5.74, 6) is 1.46. The number of benzene rings is 1. The van der Waals surface area contributed by atoms with Gasteiger partial charge in [0.15, 0.2) is 5.75 Å². The third-order valence-electron chi connectivity index (χ3n) is 2.39. The van der Waals surface area contributed by atoms with E-state index in [1.165, 1.54) is 0 Å². The number of rotatable bonds is 5. The monoisotopic (exact) mass is 266 g/mol. The first-order valence-corrected chi connectivity index (χ1v) is 6.16.